The minimum atomic E-state index is -4.58. The van der Waals surface area contributed by atoms with Crippen LogP contribution >= 0.6 is 0 Å². The monoisotopic (exact) mass is 422 g/mol. The number of rotatable bonds is 6. The van der Waals surface area contributed by atoms with Crippen LogP contribution in [-0.2, 0) is 24.3 Å². The summed E-state index contributed by atoms with van der Waals surface area (Å²) >= 11 is 0. The molecule has 1 atom stereocenters. The van der Waals surface area contributed by atoms with E-state index in [0.717, 1.165) is 9.87 Å². The molecule has 28 heavy (non-hydrogen) atoms. The first-order valence-corrected chi connectivity index (χ1v) is 10.0. The minimum absolute atomic E-state index is 0.0284. The van der Waals surface area contributed by atoms with Crippen LogP contribution in [0.3, 0.4) is 0 Å². The zero-order valence-corrected chi connectivity index (χ0v) is 16.0. The molecule has 0 bridgehead atoms. The summed E-state index contributed by atoms with van der Waals surface area (Å²) < 4.78 is 67.8. The van der Waals surface area contributed by atoms with Crippen LogP contribution in [0.25, 0.3) is 0 Å². The molecule has 2 rings (SSSR count). The van der Waals surface area contributed by atoms with Crippen molar-refractivity contribution >= 4 is 21.9 Å². The highest BCUT2D eigenvalue weighted by molar-refractivity contribution is 7.89. The van der Waals surface area contributed by atoms with E-state index in [1.165, 1.54) is 12.1 Å². The van der Waals surface area contributed by atoms with Crippen LogP contribution in [-0.4, -0.2) is 56.5 Å². The van der Waals surface area contributed by atoms with Gasteiger partial charge >= 0.3 is 12.1 Å². The van der Waals surface area contributed by atoms with Gasteiger partial charge in [-0.1, -0.05) is 17.7 Å². The lowest BCUT2D eigenvalue weighted by Gasteiger charge is -2.33. The summed E-state index contributed by atoms with van der Waals surface area (Å²) in [4.78, 5) is 23.7. The fourth-order valence-corrected chi connectivity index (χ4v) is 4.40. The van der Waals surface area contributed by atoms with Crippen molar-refractivity contribution in [3.8, 4) is 0 Å². The summed E-state index contributed by atoms with van der Waals surface area (Å²) in [5.74, 6) is -2.08. The number of esters is 1. The maximum Gasteiger partial charge on any atom is 0.405 e. The second kappa shape index (κ2) is 8.91. The number of alkyl halides is 3. The Bertz CT molecular complexity index is 809. The van der Waals surface area contributed by atoms with Gasteiger partial charge < -0.3 is 10.1 Å². The molecule has 1 saturated heterocycles. The summed E-state index contributed by atoms with van der Waals surface area (Å²) in [6.45, 7) is -0.540. The van der Waals surface area contributed by atoms with Gasteiger partial charge in [-0.25, -0.2) is 8.42 Å². The third kappa shape index (κ3) is 5.93. The Labute approximate surface area is 160 Å². The van der Waals surface area contributed by atoms with Gasteiger partial charge in [-0.15, -0.1) is 0 Å². The molecular formula is C17H21F3N2O5S. The van der Waals surface area contributed by atoms with Crippen molar-refractivity contribution in [1.82, 2.24) is 9.62 Å². The topological polar surface area (TPSA) is 92.8 Å². The molecule has 1 aromatic carbocycles. The van der Waals surface area contributed by atoms with Crippen LogP contribution in [0.1, 0.15) is 24.8 Å². The number of nitrogens with zero attached hydrogens (tertiary/aromatic N) is 1. The Morgan fingerprint density at radius 2 is 1.86 bits per heavy atom. The molecule has 1 aliphatic rings. The van der Waals surface area contributed by atoms with E-state index in [-0.39, 0.29) is 17.9 Å². The zero-order chi connectivity index (χ0) is 20.9. The van der Waals surface area contributed by atoms with Crippen LogP contribution in [0.4, 0.5) is 13.2 Å². The van der Waals surface area contributed by atoms with Gasteiger partial charge in [-0.05, 0) is 38.3 Å². The maximum atomic E-state index is 12.9. The number of piperidine rings is 1. The average molecular weight is 422 g/mol. The minimum Gasteiger partial charge on any atom is -0.454 e. The number of hydrogen-bond acceptors (Lipinski definition) is 5. The predicted molar refractivity (Wildman–Crippen MR) is 92.7 cm³/mol. The standard InChI is InChI=1S/C17H21F3N2O5S/c1-12-5-7-13(8-6-12)28(25,26)22-9-3-2-4-14(22)16(24)27-10-15(23)21-11-17(18,19)20/h5-8,14H,2-4,9-11H2,1H3,(H,21,23). The average Bonchev–Trinajstić information content (AvgIpc) is 2.64. The number of hydrogen-bond donors (Lipinski definition) is 1. The Morgan fingerprint density at radius 3 is 2.46 bits per heavy atom. The highest BCUT2D eigenvalue weighted by atomic mass is 32.2. The molecule has 1 unspecified atom stereocenters. The van der Waals surface area contributed by atoms with Crippen molar-refractivity contribution in [2.24, 2.45) is 0 Å². The van der Waals surface area contributed by atoms with Gasteiger partial charge in [0, 0.05) is 6.54 Å². The van der Waals surface area contributed by atoms with Crippen LogP contribution in [0.5, 0.6) is 0 Å². The normalized spacial score (nSPS) is 18.5. The molecule has 11 heteroatoms. The molecule has 1 aromatic rings. The van der Waals surface area contributed by atoms with Crippen molar-refractivity contribution in [1.29, 1.82) is 0 Å². The Morgan fingerprint density at radius 1 is 1.21 bits per heavy atom. The van der Waals surface area contributed by atoms with E-state index in [9.17, 15) is 31.2 Å². The molecule has 1 heterocycles. The van der Waals surface area contributed by atoms with Gasteiger partial charge in [0.1, 0.15) is 12.6 Å². The second-order valence-electron chi connectivity index (χ2n) is 6.44. The zero-order valence-electron chi connectivity index (χ0n) is 15.2. The predicted octanol–water partition coefficient (Wildman–Crippen LogP) is 1.76. The molecule has 1 aliphatic heterocycles. The van der Waals surface area contributed by atoms with Gasteiger partial charge in [0.05, 0.1) is 4.90 Å². The molecule has 1 N–H and O–H groups in total. The van der Waals surface area contributed by atoms with Crippen molar-refractivity contribution in [3.05, 3.63) is 29.8 Å². The van der Waals surface area contributed by atoms with Gasteiger partial charge in [-0.3, -0.25) is 9.59 Å². The van der Waals surface area contributed by atoms with Gasteiger partial charge in [-0.2, -0.15) is 17.5 Å². The summed E-state index contributed by atoms with van der Waals surface area (Å²) in [5.41, 5.74) is 0.874. The molecule has 0 spiro atoms. The van der Waals surface area contributed by atoms with Gasteiger partial charge in [0.15, 0.2) is 6.61 Å². The van der Waals surface area contributed by atoms with E-state index < -0.39 is 47.3 Å². The molecular weight excluding hydrogens is 401 g/mol. The molecule has 1 fully saturated rings. The number of benzene rings is 1. The summed E-state index contributed by atoms with van der Waals surface area (Å²) in [5, 5.41) is 1.58. The van der Waals surface area contributed by atoms with Crippen molar-refractivity contribution in [2.75, 3.05) is 19.7 Å². The number of carbonyl (C=O) groups is 2. The summed E-state index contributed by atoms with van der Waals surface area (Å²) in [7, 11) is -3.96. The summed E-state index contributed by atoms with van der Waals surface area (Å²) in [6, 6.07) is 5.01. The molecule has 1 amide bonds. The van der Waals surface area contributed by atoms with E-state index in [1.54, 1.807) is 24.4 Å². The van der Waals surface area contributed by atoms with Gasteiger partial charge in [0.25, 0.3) is 5.91 Å². The quantitative estimate of drug-likeness (QED) is 0.706. The number of carbonyl (C=O) groups excluding carboxylic acids is 2. The molecule has 0 aromatic heterocycles. The Hall–Kier alpha value is -2.14. The molecule has 0 saturated carbocycles. The highest BCUT2D eigenvalue weighted by Crippen LogP contribution is 2.26. The number of amides is 1. The van der Waals surface area contributed by atoms with Crippen molar-refractivity contribution < 1.29 is 35.9 Å². The second-order valence-corrected chi connectivity index (χ2v) is 8.33. The Balaban J connectivity index is 2.04. The van der Waals surface area contributed by atoms with Crippen LogP contribution in [0.15, 0.2) is 29.2 Å². The Kier molecular flexibility index (Phi) is 7.05. The van der Waals surface area contributed by atoms with E-state index >= 15 is 0 Å². The van der Waals surface area contributed by atoms with E-state index in [2.05, 4.69) is 0 Å². The smallest absolute Gasteiger partial charge is 0.405 e. The first kappa shape index (κ1) is 22.2. The number of aryl methyl sites for hydroxylation is 1. The van der Waals surface area contributed by atoms with Crippen LogP contribution < -0.4 is 5.32 Å². The van der Waals surface area contributed by atoms with E-state index in [1.807, 2.05) is 0 Å². The lowest BCUT2D eigenvalue weighted by Crippen LogP contribution is -2.49. The first-order valence-electron chi connectivity index (χ1n) is 8.59. The SMILES string of the molecule is Cc1ccc(S(=O)(=O)N2CCCCC2C(=O)OCC(=O)NCC(F)(F)F)cc1. The largest absolute Gasteiger partial charge is 0.454 e. The number of sulfonamides is 1. The van der Waals surface area contributed by atoms with E-state index in [4.69, 9.17) is 4.74 Å². The number of halogens is 3. The fraction of sp³-hybridized carbons (Fsp3) is 0.529. The molecule has 7 nitrogen and oxygen atoms in total. The summed E-state index contributed by atoms with van der Waals surface area (Å²) in [6.07, 6.45) is -3.24. The third-order valence-electron chi connectivity index (χ3n) is 4.18. The lowest BCUT2D eigenvalue weighted by molar-refractivity contribution is -0.155. The number of nitrogens with one attached hydrogen (secondary N) is 1. The number of ether oxygens (including phenoxy) is 1. The lowest BCUT2D eigenvalue weighted by atomic mass is 10.1. The first-order chi connectivity index (χ1) is 13.0. The molecule has 0 radical (unpaired) electrons. The van der Waals surface area contributed by atoms with Crippen LogP contribution in [0, 0.1) is 6.92 Å². The van der Waals surface area contributed by atoms with Crippen molar-refractivity contribution in [3.63, 3.8) is 0 Å². The highest BCUT2D eigenvalue weighted by Gasteiger charge is 2.38. The molecule has 0 aliphatic carbocycles. The maximum absolute atomic E-state index is 12.9. The van der Waals surface area contributed by atoms with E-state index in [0.29, 0.717) is 12.8 Å². The fourth-order valence-electron chi connectivity index (χ4n) is 2.76. The third-order valence-corrected chi connectivity index (χ3v) is 6.11. The van der Waals surface area contributed by atoms with Crippen molar-refractivity contribution in [2.45, 2.75) is 43.3 Å². The molecule has 156 valence electrons. The van der Waals surface area contributed by atoms with Crippen LogP contribution in [0.2, 0.25) is 0 Å². The van der Waals surface area contributed by atoms with Gasteiger partial charge in [0.2, 0.25) is 10.0 Å².